The summed E-state index contributed by atoms with van der Waals surface area (Å²) in [5.41, 5.74) is -0.110. The van der Waals surface area contributed by atoms with Gasteiger partial charge in [-0.1, -0.05) is 91.0 Å². The van der Waals surface area contributed by atoms with Gasteiger partial charge in [-0.25, -0.2) is 4.79 Å². The molecule has 0 fully saturated rings. The molecule has 3 aromatic rings. The van der Waals surface area contributed by atoms with Crippen molar-refractivity contribution in [2.45, 2.75) is 26.1 Å². The Morgan fingerprint density at radius 2 is 1.22 bits per heavy atom. The maximum atomic E-state index is 12.7. The summed E-state index contributed by atoms with van der Waals surface area (Å²) in [4.78, 5) is 12.7. The summed E-state index contributed by atoms with van der Waals surface area (Å²) in [5, 5.41) is 2.12. The molecule has 0 spiro atoms. The Morgan fingerprint density at radius 1 is 0.778 bits per heavy atom. The molecule has 0 aliphatic carbocycles. The highest BCUT2D eigenvalue weighted by molar-refractivity contribution is 7.68. The fraction of sp³-hybridized carbons (Fsp3) is 0.174. The summed E-state index contributed by atoms with van der Waals surface area (Å²) in [6, 6.07) is 29.7. The Hall–Kier alpha value is -2.48. The van der Waals surface area contributed by atoms with Crippen LogP contribution in [0.15, 0.2) is 91.0 Å². The Morgan fingerprint density at radius 3 is 1.70 bits per heavy atom. The fourth-order valence-electron chi connectivity index (χ4n) is 2.54. The monoisotopic (exact) mass is 378 g/mol. The van der Waals surface area contributed by atoms with Gasteiger partial charge in [-0.05, 0) is 19.4 Å². The predicted molar refractivity (Wildman–Crippen MR) is 110 cm³/mol. The summed E-state index contributed by atoms with van der Waals surface area (Å²) < 4.78 is 11.9. The van der Waals surface area contributed by atoms with Crippen molar-refractivity contribution in [1.82, 2.24) is 0 Å². The van der Waals surface area contributed by atoms with Crippen molar-refractivity contribution in [1.29, 1.82) is 0 Å². The molecule has 0 unspecified atom stereocenters. The molecule has 0 aromatic heterocycles. The number of hydrogen-bond acceptors (Lipinski definition) is 3. The van der Waals surface area contributed by atoms with Crippen LogP contribution in [0.3, 0.4) is 0 Å². The standard InChI is InChI=1S/C23H23O3P/c1-23(2,22(24)25-18-19-12-6-3-7-13-19)26-27(20-14-8-4-9-15-20)21-16-10-5-11-17-21/h3-17H,18H2,1-2H3. The molecule has 138 valence electrons. The Balaban J connectivity index is 1.76. The normalized spacial score (nSPS) is 11.4. The Labute approximate surface area is 161 Å². The summed E-state index contributed by atoms with van der Waals surface area (Å²) in [7, 11) is -1.14. The zero-order chi connectivity index (χ0) is 19.1. The van der Waals surface area contributed by atoms with Crippen molar-refractivity contribution in [3.05, 3.63) is 96.6 Å². The van der Waals surface area contributed by atoms with Gasteiger partial charge in [-0.3, -0.25) is 0 Å². The van der Waals surface area contributed by atoms with Gasteiger partial charge in [0.2, 0.25) is 0 Å². The molecule has 4 heteroatoms. The van der Waals surface area contributed by atoms with E-state index in [1.807, 2.05) is 91.0 Å². The third-order valence-electron chi connectivity index (χ3n) is 4.01. The molecule has 0 amide bonds. The topological polar surface area (TPSA) is 35.5 Å². The number of esters is 1. The van der Waals surface area contributed by atoms with Crippen LogP contribution in [0.25, 0.3) is 0 Å². The van der Waals surface area contributed by atoms with E-state index in [9.17, 15) is 4.79 Å². The van der Waals surface area contributed by atoms with Crippen LogP contribution >= 0.6 is 8.15 Å². The van der Waals surface area contributed by atoms with E-state index in [1.54, 1.807) is 13.8 Å². The smallest absolute Gasteiger partial charge is 0.338 e. The molecule has 0 aliphatic heterocycles. The largest absolute Gasteiger partial charge is 0.459 e. The van der Waals surface area contributed by atoms with Crippen molar-refractivity contribution in [3.63, 3.8) is 0 Å². The third-order valence-corrected chi connectivity index (χ3v) is 6.18. The first-order chi connectivity index (χ1) is 13.1. The van der Waals surface area contributed by atoms with E-state index in [0.29, 0.717) is 0 Å². The minimum absolute atomic E-state index is 0.237. The van der Waals surface area contributed by atoms with Crippen molar-refractivity contribution in [2.75, 3.05) is 0 Å². The van der Waals surface area contributed by atoms with Crippen molar-refractivity contribution >= 4 is 24.7 Å². The first-order valence-electron chi connectivity index (χ1n) is 8.87. The molecule has 3 aromatic carbocycles. The van der Waals surface area contributed by atoms with Gasteiger partial charge in [-0.15, -0.1) is 0 Å². The average molecular weight is 378 g/mol. The number of carbonyl (C=O) groups is 1. The first-order valence-corrected chi connectivity index (χ1v) is 10.1. The van der Waals surface area contributed by atoms with Gasteiger partial charge in [-0.2, -0.15) is 0 Å². The Bertz CT molecular complexity index is 809. The molecule has 3 nitrogen and oxygen atoms in total. The van der Waals surface area contributed by atoms with E-state index >= 15 is 0 Å². The van der Waals surface area contributed by atoms with Crippen LogP contribution in [0.4, 0.5) is 0 Å². The SMILES string of the molecule is CC(C)(OP(c1ccccc1)c1ccccc1)C(=O)OCc1ccccc1. The first kappa shape index (κ1) is 19.3. The van der Waals surface area contributed by atoms with Crippen LogP contribution in [0.5, 0.6) is 0 Å². The van der Waals surface area contributed by atoms with Crippen LogP contribution in [-0.2, 0) is 20.7 Å². The summed E-state index contributed by atoms with van der Waals surface area (Å²) >= 11 is 0. The molecule has 0 heterocycles. The highest BCUT2D eigenvalue weighted by Gasteiger charge is 2.35. The second kappa shape index (κ2) is 8.94. The summed E-state index contributed by atoms with van der Waals surface area (Å²) in [6.07, 6.45) is 0. The molecule has 0 atom stereocenters. The second-order valence-electron chi connectivity index (χ2n) is 6.63. The van der Waals surface area contributed by atoms with Crippen LogP contribution in [0.1, 0.15) is 19.4 Å². The molecular weight excluding hydrogens is 355 g/mol. The quantitative estimate of drug-likeness (QED) is 0.446. The number of ether oxygens (including phenoxy) is 1. The van der Waals surface area contributed by atoms with Crippen LogP contribution in [0.2, 0.25) is 0 Å². The van der Waals surface area contributed by atoms with E-state index in [4.69, 9.17) is 9.26 Å². The van der Waals surface area contributed by atoms with Gasteiger partial charge in [0, 0.05) is 10.6 Å². The minimum atomic E-state index is -1.14. The number of benzene rings is 3. The summed E-state index contributed by atoms with van der Waals surface area (Å²) in [6.45, 7) is 3.77. The molecular formula is C23H23O3P. The van der Waals surface area contributed by atoms with E-state index in [-0.39, 0.29) is 12.6 Å². The maximum absolute atomic E-state index is 12.7. The van der Waals surface area contributed by atoms with E-state index in [2.05, 4.69) is 0 Å². The highest BCUT2D eigenvalue weighted by Crippen LogP contribution is 2.40. The lowest BCUT2D eigenvalue weighted by molar-refractivity contribution is -0.160. The lowest BCUT2D eigenvalue weighted by Crippen LogP contribution is -2.37. The molecule has 0 bridgehead atoms. The maximum Gasteiger partial charge on any atom is 0.338 e. The van der Waals surface area contributed by atoms with Crippen LogP contribution in [-0.4, -0.2) is 11.6 Å². The van der Waals surface area contributed by atoms with Crippen molar-refractivity contribution in [3.8, 4) is 0 Å². The van der Waals surface area contributed by atoms with E-state index < -0.39 is 13.7 Å². The van der Waals surface area contributed by atoms with Crippen LogP contribution < -0.4 is 10.6 Å². The minimum Gasteiger partial charge on any atom is -0.459 e. The number of carbonyl (C=O) groups excluding carboxylic acids is 1. The molecule has 0 radical (unpaired) electrons. The fourth-order valence-corrected chi connectivity index (χ4v) is 4.47. The van der Waals surface area contributed by atoms with Gasteiger partial charge in [0.25, 0.3) is 0 Å². The van der Waals surface area contributed by atoms with Gasteiger partial charge >= 0.3 is 5.97 Å². The molecule has 0 aliphatic rings. The van der Waals surface area contributed by atoms with E-state index in [1.165, 1.54) is 0 Å². The summed E-state index contributed by atoms with van der Waals surface area (Å²) in [5.74, 6) is -0.370. The van der Waals surface area contributed by atoms with Gasteiger partial charge in [0.05, 0.1) is 8.15 Å². The highest BCUT2D eigenvalue weighted by atomic mass is 31.1. The molecule has 3 rings (SSSR count). The van der Waals surface area contributed by atoms with Crippen LogP contribution in [0, 0.1) is 0 Å². The lowest BCUT2D eigenvalue weighted by Gasteiger charge is -2.29. The van der Waals surface area contributed by atoms with E-state index in [0.717, 1.165) is 16.2 Å². The second-order valence-corrected chi connectivity index (χ2v) is 8.43. The molecule has 0 saturated heterocycles. The third kappa shape index (κ3) is 5.26. The van der Waals surface area contributed by atoms with Gasteiger partial charge < -0.3 is 9.26 Å². The zero-order valence-electron chi connectivity index (χ0n) is 15.5. The molecule has 27 heavy (non-hydrogen) atoms. The Kier molecular flexibility index (Phi) is 6.39. The van der Waals surface area contributed by atoms with Gasteiger partial charge in [0.1, 0.15) is 6.61 Å². The average Bonchev–Trinajstić information content (AvgIpc) is 2.72. The number of hydrogen-bond donors (Lipinski definition) is 0. The number of rotatable bonds is 7. The van der Waals surface area contributed by atoms with Crippen molar-refractivity contribution in [2.24, 2.45) is 0 Å². The lowest BCUT2D eigenvalue weighted by atomic mass is 10.1. The zero-order valence-corrected chi connectivity index (χ0v) is 16.4. The molecule has 0 saturated carbocycles. The molecule has 0 N–H and O–H groups in total. The predicted octanol–water partition coefficient (Wildman–Crippen LogP) is 4.57. The van der Waals surface area contributed by atoms with Crippen molar-refractivity contribution < 1.29 is 14.1 Å². The van der Waals surface area contributed by atoms with Gasteiger partial charge in [0.15, 0.2) is 5.60 Å².